The molecule has 1 fully saturated rings. The number of aromatic nitrogens is 4. The van der Waals surface area contributed by atoms with Crippen molar-refractivity contribution < 1.29 is 9.13 Å². The molecule has 25 heavy (non-hydrogen) atoms. The molecular weight excluding hydrogens is 343 g/mol. The molecule has 0 spiro atoms. The number of halogens is 2. The molecule has 0 saturated heterocycles. The summed E-state index contributed by atoms with van der Waals surface area (Å²) in [5.41, 5.74) is 1.99. The topological polar surface area (TPSA) is 60.8 Å². The van der Waals surface area contributed by atoms with E-state index in [9.17, 15) is 4.39 Å². The third-order valence-corrected chi connectivity index (χ3v) is 4.60. The van der Waals surface area contributed by atoms with Gasteiger partial charge in [0.25, 0.3) is 0 Å². The molecule has 2 atom stereocenters. The molecular formula is C18H14ClFN4O. The SMILES string of the molecule is COc1cc([C@@H]2C[C@H]2c2cnc(-c3ncccn3)nc2)cc(Cl)c1F. The zero-order valence-electron chi connectivity index (χ0n) is 13.4. The second-order valence-electron chi connectivity index (χ2n) is 5.88. The van der Waals surface area contributed by atoms with E-state index in [-0.39, 0.29) is 22.6 Å². The number of hydrogen-bond acceptors (Lipinski definition) is 5. The monoisotopic (exact) mass is 356 g/mol. The number of hydrogen-bond donors (Lipinski definition) is 0. The predicted octanol–water partition coefficient (Wildman–Crippen LogP) is 4.01. The molecule has 1 aliphatic carbocycles. The van der Waals surface area contributed by atoms with E-state index in [4.69, 9.17) is 16.3 Å². The minimum Gasteiger partial charge on any atom is -0.494 e. The molecule has 0 N–H and O–H groups in total. The average molecular weight is 357 g/mol. The van der Waals surface area contributed by atoms with Crippen molar-refractivity contribution in [1.29, 1.82) is 0 Å². The Kier molecular flexibility index (Phi) is 4.05. The Hall–Kier alpha value is -2.60. The molecule has 0 unspecified atom stereocenters. The van der Waals surface area contributed by atoms with Crippen LogP contribution in [0.1, 0.15) is 29.4 Å². The Morgan fingerprint density at radius 1 is 1.00 bits per heavy atom. The fourth-order valence-corrected chi connectivity index (χ4v) is 3.16. The van der Waals surface area contributed by atoms with Gasteiger partial charge in [0.2, 0.25) is 0 Å². The fourth-order valence-electron chi connectivity index (χ4n) is 2.94. The van der Waals surface area contributed by atoms with E-state index in [2.05, 4.69) is 19.9 Å². The van der Waals surface area contributed by atoms with Crippen LogP contribution in [0.2, 0.25) is 5.02 Å². The number of nitrogens with zero attached hydrogens (tertiary/aromatic N) is 4. The van der Waals surface area contributed by atoms with E-state index in [1.54, 1.807) is 43.0 Å². The highest BCUT2D eigenvalue weighted by molar-refractivity contribution is 6.31. The first-order chi connectivity index (χ1) is 12.2. The second kappa shape index (κ2) is 6.37. The van der Waals surface area contributed by atoms with E-state index in [0.29, 0.717) is 11.6 Å². The van der Waals surface area contributed by atoms with Crippen LogP contribution in [0.15, 0.2) is 43.0 Å². The molecule has 126 valence electrons. The lowest BCUT2D eigenvalue weighted by Gasteiger charge is -2.08. The van der Waals surface area contributed by atoms with Gasteiger partial charge in [-0.3, -0.25) is 0 Å². The van der Waals surface area contributed by atoms with Gasteiger partial charge in [-0.15, -0.1) is 0 Å². The van der Waals surface area contributed by atoms with Crippen molar-refractivity contribution in [1.82, 2.24) is 19.9 Å². The van der Waals surface area contributed by atoms with Crippen LogP contribution in [-0.2, 0) is 0 Å². The summed E-state index contributed by atoms with van der Waals surface area (Å²) in [4.78, 5) is 17.0. The lowest BCUT2D eigenvalue weighted by molar-refractivity contribution is 0.386. The molecule has 1 aromatic carbocycles. The number of methoxy groups -OCH3 is 1. The molecule has 1 aliphatic rings. The largest absolute Gasteiger partial charge is 0.494 e. The van der Waals surface area contributed by atoms with Crippen molar-refractivity contribution >= 4 is 11.6 Å². The summed E-state index contributed by atoms with van der Waals surface area (Å²) in [7, 11) is 1.43. The van der Waals surface area contributed by atoms with E-state index in [1.807, 2.05) is 0 Å². The molecule has 5 nitrogen and oxygen atoms in total. The molecule has 0 bridgehead atoms. The van der Waals surface area contributed by atoms with Gasteiger partial charge in [0.1, 0.15) is 0 Å². The molecule has 4 rings (SSSR count). The minimum atomic E-state index is -0.527. The Labute approximate surface area is 148 Å². The van der Waals surface area contributed by atoms with Crippen LogP contribution >= 0.6 is 11.6 Å². The summed E-state index contributed by atoms with van der Waals surface area (Å²) in [6.45, 7) is 0. The quantitative estimate of drug-likeness (QED) is 0.707. The highest BCUT2D eigenvalue weighted by Gasteiger charge is 2.40. The summed E-state index contributed by atoms with van der Waals surface area (Å²) in [6.07, 6.45) is 7.84. The Bertz CT molecular complexity index is 905. The second-order valence-corrected chi connectivity index (χ2v) is 6.29. The first kappa shape index (κ1) is 15.9. The van der Waals surface area contributed by atoms with Crippen molar-refractivity contribution in [2.24, 2.45) is 0 Å². The van der Waals surface area contributed by atoms with Gasteiger partial charge in [-0.05, 0) is 47.6 Å². The van der Waals surface area contributed by atoms with Crippen LogP contribution in [0.5, 0.6) is 5.75 Å². The van der Waals surface area contributed by atoms with Gasteiger partial charge < -0.3 is 4.74 Å². The van der Waals surface area contributed by atoms with E-state index in [1.165, 1.54) is 7.11 Å². The summed E-state index contributed by atoms with van der Waals surface area (Å²) in [5, 5.41) is 0.0767. The van der Waals surface area contributed by atoms with Crippen molar-refractivity contribution in [2.75, 3.05) is 7.11 Å². The van der Waals surface area contributed by atoms with Gasteiger partial charge in [0, 0.05) is 24.8 Å². The van der Waals surface area contributed by atoms with Gasteiger partial charge in [-0.25, -0.2) is 24.3 Å². The minimum absolute atomic E-state index is 0.0767. The van der Waals surface area contributed by atoms with E-state index < -0.39 is 5.82 Å². The lowest BCUT2D eigenvalue weighted by Crippen LogP contribution is -1.96. The maximum Gasteiger partial charge on any atom is 0.197 e. The van der Waals surface area contributed by atoms with Crippen molar-refractivity contribution in [3.05, 3.63) is 65.0 Å². The zero-order valence-corrected chi connectivity index (χ0v) is 14.1. The number of rotatable bonds is 4. The maximum absolute atomic E-state index is 13.8. The van der Waals surface area contributed by atoms with Gasteiger partial charge in [0.15, 0.2) is 23.2 Å². The van der Waals surface area contributed by atoms with Gasteiger partial charge in [0.05, 0.1) is 12.1 Å². The summed E-state index contributed by atoms with van der Waals surface area (Å²) >= 11 is 5.96. The molecule has 0 aliphatic heterocycles. The Balaban J connectivity index is 1.55. The summed E-state index contributed by atoms with van der Waals surface area (Å²) in [6, 6.07) is 5.12. The molecule has 0 amide bonds. The van der Waals surface area contributed by atoms with E-state index in [0.717, 1.165) is 17.5 Å². The summed E-state index contributed by atoms with van der Waals surface area (Å²) in [5.74, 6) is 1.18. The van der Waals surface area contributed by atoms with Crippen LogP contribution in [0.3, 0.4) is 0 Å². The third kappa shape index (κ3) is 3.05. The normalized spacial score (nSPS) is 18.8. The van der Waals surface area contributed by atoms with Gasteiger partial charge in [-0.1, -0.05) is 11.6 Å². The van der Waals surface area contributed by atoms with Crippen molar-refractivity contribution in [3.8, 4) is 17.4 Å². The summed E-state index contributed by atoms with van der Waals surface area (Å²) < 4.78 is 18.9. The first-order valence-electron chi connectivity index (χ1n) is 7.79. The van der Waals surface area contributed by atoms with Crippen LogP contribution in [0.4, 0.5) is 4.39 Å². The van der Waals surface area contributed by atoms with Crippen LogP contribution < -0.4 is 4.74 Å². The van der Waals surface area contributed by atoms with Crippen LogP contribution in [0, 0.1) is 5.82 Å². The highest BCUT2D eigenvalue weighted by Crippen LogP contribution is 2.55. The zero-order chi connectivity index (χ0) is 17.4. The first-order valence-corrected chi connectivity index (χ1v) is 8.17. The third-order valence-electron chi connectivity index (χ3n) is 4.32. The number of benzene rings is 1. The number of ether oxygens (including phenoxy) is 1. The molecule has 2 heterocycles. The standard InChI is InChI=1S/C18H14ClFN4O/c1-25-15-6-10(5-14(19)16(15)20)12-7-13(12)11-8-23-18(24-9-11)17-21-3-2-4-22-17/h2-6,8-9,12-13H,7H2,1H3/t12-,13-/m0/s1. The lowest BCUT2D eigenvalue weighted by atomic mass is 10.1. The molecule has 3 aromatic rings. The van der Waals surface area contributed by atoms with Gasteiger partial charge >= 0.3 is 0 Å². The van der Waals surface area contributed by atoms with Gasteiger partial charge in [-0.2, -0.15) is 0 Å². The molecule has 1 saturated carbocycles. The molecule has 0 radical (unpaired) electrons. The average Bonchev–Trinajstić information content (AvgIpc) is 3.45. The van der Waals surface area contributed by atoms with Crippen molar-refractivity contribution in [2.45, 2.75) is 18.3 Å². The highest BCUT2D eigenvalue weighted by atomic mass is 35.5. The predicted molar refractivity (Wildman–Crippen MR) is 91.1 cm³/mol. The van der Waals surface area contributed by atoms with Crippen LogP contribution in [0.25, 0.3) is 11.6 Å². The van der Waals surface area contributed by atoms with E-state index >= 15 is 0 Å². The fraction of sp³-hybridized carbons (Fsp3) is 0.222. The smallest absolute Gasteiger partial charge is 0.197 e. The Morgan fingerprint density at radius 2 is 1.64 bits per heavy atom. The maximum atomic E-state index is 13.8. The molecule has 7 heteroatoms. The van der Waals surface area contributed by atoms with Crippen LogP contribution in [-0.4, -0.2) is 27.0 Å². The molecule has 2 aromatic heterocycles. The van der Waals surface area contributed by atoms with Crippen molar-refractivity contribution in [3.63, 3.8) is 0 Å². The Morgan fingerprint density at radius 3 is 2.32 bits per heavy atom.